The molecule has 4 nitrogen and oxygen atoms in total. The van der Waals surface area contributed by atoms with Crippen LogP contribution in [0.4, 0.5) is 17.6 Å². The average molecular weight is 383 g/mol. The van der Waals surface area contributed by atoms with Crippen molar-refractivity contribution in [3.63, 3.8) is 0 Å². The zero-order chi connectivity index (χ0) is 19.7. The second-order valence-electron chi connectivity index (χ2n) is 6.78. The van der Waals surface area contributed by atoms with Gasteiger partial charge in [0.15, 0.2) is 0 Å². The van der Waals surface area contributed by atoms with Crippen molar-refractivity contribution in [2.45, 2.75) is 51.6 Å². The van der Waals surface area contributed by atoms with Crippen molar-refractivity contribution in [2.24, 2.45) is 7.05 Å². The number of rotatable bonds is 7. The van der Waals surface area contributed by atoms with E-state index in [2.05, 4.69) is 5.10 Å². The van der Waals surface area contributed by atoms with Gasteiger partial charge in [-0.25, -0.2) is 17.9 Å². The van der Waals surface area contributed by atoms with E-state index in [9.17, 15) is 22.4 Å². The highest BCUT2D eigenvalue weighted by Crippen LogP contribution is 2.31. The Hall–Kier alpha value is -2.38. The molecule has 3 rings (SSSR count). The number of hydrogen-bond donors (Lipinski definition) is 0. The molecule has 0 spiro atoms. The molecule has 1 heterocycles. The molecule has 1 aliphatic carbocycles. The van der Waals surface area contributed by atoms with Crippen LogP contribution in [-0.4, -0.2) is 26.6 Å². The molecule has 1 amide bonds. The van der Waals surface area contributed by atoms with E-state index >= 15 is 0 Å². The number of benzene rings is 1. The summed E-state index contributed by atoms with van der Waals surface area (Å²) in [4.78, 5) is 14.3. The molecule has 1 fully saturated rings. The van der Waals surface area contributed by atoms with Crippen LogP contribution in [0.15, 0.2) is 18.2 Å². The predicted molar refractivity (Wildman–Crippen MR) is 91.2 cm³/mol. The molecule has 0 unspecified atom stereocenters. The van der Waals surface area contributed by atoms with Gasteiger partial charge in [-0.2, -0.15) is 9.49 Å². The number of aromatic nitrogens is 2. The number of amides is 1. The Labute approximate surface area is 154 Å². The second kappa shape index (κ2) is 7.70. The van der Waals surface area contributed by atoms with Gasteiger partial charge in [-0.05, 0) is 42.5 Å². The standard InChI is InChI=1S/C19H21F4N3O/c1-3-11-4-5-13(20)8-12(11)10-26(14-6-7-14)16(27)9-15-17(18(21)22)24-25(2)19(15)23/h4-5,8,14,18H,3,6-7,9-10H2,1-2H3. The van der Waals surface area contributed by atoms with Crippen LogP contribution in [0.3, 0.4) is 0 Å². The lowest BCUT2D eigenvalue weighted by molar-refractivity contribution is -0.131. The first-order valence-electron chi connectivity index (χ1n) is 8.88. The first-order valence-corrected chi connectivity index (χ1v) is 8.88. The highest BCUT2D eigenvalue weighted by molar-refractivity contribution is 5.79. The van der Waals surface area contributed by atoms with Gasteiger partial charge in [0.1, 0.15) is 11.5 Å². The van der Waals surface area contributed by atoms with Crippen LogP contribution in [-0.2, 0) is 31.2 Å². The van der Waals surface area contributed by atoms with Crippen LogP contribution in [0.25, 0.3) is 0 Å². The van der Waals surface area contributed by atoms with E-state index in [-0.39, 0.29) is 18.2 Å². The molecule has 27 heavy (non-hydrogen) atoms. The summed E-state index contributed by atoms with van der Waals surface area (Å²) < 4.78 is 54.8. The number of nitrogens with zero attached hydrogens (tertiary/aromatic N) is 3. The van der Waals surface area contributed by atoms with E-state index in [0.717, 1.165) is 18.4 Å². The highest BCUT2D eigenvalue weighted by atomic mass is 19.3. The van der Waals surface area contributed by atoms with Crippen LogP contribution in [0, 0.1) is 11.8 Å². The van der Waals surface area contributed by atoms with E-state index in [0.29, 0.717) is 16.7 Å². The quantitative estimate of drug-likeness (QED) is 0.680. The maximum Gasteiger partial charge on any atom is 0.282 e. The Morgan fingerprint density at radius 1 is 1.30 bits per heavy atom. The van der Waals surface area contributed by atoms with E-state index < -0.39 is 36.2 Å². The number of alkyl halides is 2. The molecule has 0 aliphatic heterocycles. The monoisotopic (exact) mass is 383 g/mol. The molecule has 2 aromatic rings. The summed E-state index contributed by atoms with van der Waals surface area (Å²) in [7, 11) is 1.22. The molecular weight excluding hydrogens is 362 g/mol. The Morgan fingerprint density at radius 3 is 2.59 bits per heavy atom. The van der Waals surface area contributed by atoms with Crippen molar-refractivity contribution in [1.82, 2.24) is 14.7 Å². The minimum atomic E-state index is -2.97. The van der Waals surface area contributed by atoms with Gasteiger partial charge in [-0.15, -0.1) is 0 Å². The van der Waals surface area contributed by atoms with Gasteiger partial charge in [-0.1, -0.05) is 13.0 Å². The van der Waals surface area contributed by atoms with Crippen LogP contribution in [0.1, 0.15) is 48.6 Å². The highest BCUT2D eigenvalue weighted by Gasteiger charge is 2.34. The van der Waals surface area contributed by atoms with Gasteiger partial charge in [0.2, 0.25) is 11.9 Å². The van der Waals surface area contributed by atoms with Crippen molar-refractivity contribution < 1.29 is 22.4 Å². The van der Waals surface area contributed by atoms with Gasteiger partial charge >= 0.3 is 0 Å². The van der Waals surface area contributed by atoms with Crippen molar-refractivity contribution in [3.8, 4) is 0 Å². The molecule has 1 aliphatic rings. The zero-order valence-electron chi connectivity index (χ0n) is 15.2. The maximum atomic E-state index is 14.2. The number of aryl methyl sites for hydroxylation is 2. The molecule has 0 bridgehead atoms. The van der Waals surface area contributed by atoms with E-state index in [1.807, 2.05) is 6.92 Å². The third kappa shape index (κ3) is 4.14. The summed E-state index contributed by atoms with van der Waals surface area (Å²) >= 11 is 0. The molecule has 0 N–H and O–H groups in total. The largest absolute Gasteiger partial charge is 0.335 e. The summed E-state index contributed by atoms with van der Waals surface area (Å²) in [6.07, 6.45) is -1.20. The van der Waals surface area contributed by atoms with Crippen LogP contribution < -0.4 is 0 Å². The summed E-state index contributed by atoms with van der Waals surface area (Å²) in [6, 6.07) is 4.40. The average Bonchev–Trinajstić information content (AvgIpc) is 3.42. The lowest BCUT2D eigenvalue weighted by atomic mass is 10.0. The predicted octanol–water partition coefficient (Wildman–Crippen LogP) is 3.93. The summed E-state index contributed by atoms with van der Waals surface area (Å²) in [5.74, 6) is -1.80. The molecule has 0 radical (unpaired) electrons. The smallest absolute Gasteiger partial charge is 0.282 e. The van der Waals surface area contributed by atoms with E-state index in [1.165, 1.54) is 24.1 Å². The number of carbonyl (C=O) groups is 1. The topological polar surface area (TPSA) is 38.1 Å². The molecule has 1 saturated carbocycles. The molecule has 1 aromatic carbocycles. The summed E-state index contributed by atoms with van der Waals surface area (Å²) in [5.41, 5.74) is 0.506. The second-order valence-corrected chi connectivity index (χ2v) is 6.78. The SMILES string of the molecule is CCc1ccc(F)cc1CN(C(=O)Cc1c(C(F)F)nn(C)c1F)C1CC1. The van der Waals surface area contributed by atoms with Crippen LogP contribution in [0.2, 0.25) is 0 Å². The number of hydrogen-bond acceptors (Lipinski definition) is 2. The third-order valence-electron chi connectivity index (χ3n) is 4.83. The Kier molecular flexibility index (Phi) is 5.53. The third-order valence-corrected chi connectivity index (χ3v) is 4.83. The van der Waals surface area contributed by atoms with Crippen LogP contribution >= 0.6 is 0 Å². The van der Waals surface area contributed by atoms with Gasteiger partial charge in [0.25, 0.3) is 6.43 Å². The van der Waals surface area contributed by atoms with Gasteiger partial charge in [0.05, 0.1) is 6.42 Å². The van der Waals surface area contributed by atoms with Gasteiger partial charge < -0.3 is 4.90 Å². The Morgan fingerprint density at radius 2 is 2.00 bits per heavy atom. The fourth-order valence-corrected chi connectivity index (χ4v) is 3.24. The van der Waals surface area contributed by atoms with E-state index in [1.54, 1.807) is 6.07 Å². The van der Waals surface area contributed by atoms with Crippen molar-refractivity contribution in [3.05, 3.63) is 52.3 Å². The first-order chi connectivity index (χ1) is 12.8. The molecule has 146 valence electrons. The fourth-order valence-electron chi connectivity index (χ4n) is 3.24. The Bertz CT molecular complexity index is 846. The molecular formula is C19H21F4N3O. The minimum absolute atomic E-state index is 0.0276. The summed E-state index contributed by atoms with van der Waals surface area (Å²) in [6.45, 7) is 2.11. The molecule has 0 atom stereocenters. The summed E-state index contributed by atoms with van der Waals surface area (Å²) in [5, 5.41) is 3.48. The van der Waals surface area contributed by atoms with Crippen molar-refractivity contribution >= 4 is 5.91 Å². The van der Waals surface area contributed by atoms with Crippen molar-refractivity contribution in [2.75, 3.05) is 0 Å². The maximum absolute atomic E-state index is 14.2. The first kappa shape index (κ1) is 19.4. The van der Waals surface area contributed by atoms with Crippen molar-refractivity contribution in [1.29, 1.82) is 0 Å². The molecule has 0 saturated heterocycles. The minimum Gasteiger partial charge on any atom is -0.335 e. The lowest BCUT2D eigenvalue weighted by Crippen LogP contribution is -2.34. The van der Waals surface area contributed by atoms with Gasteiger partial charge in [0, 0.05) is 25.2 Å². The van der Waals surface area contributed by atoms with E-state index in [4.69, 9.17) is 0 Å². The normalized spacial score (nSPS) is 14.0. The number of halogens is 4. The lowest BCUT2D eigenvalue weighted by Gasteiger charge is -2.24. The Balaban J connectivity index is 1.85. The molecule has 8 heteroatoms. The number of carbonyl (C=O) groups excluding carboxylic acids is 1. The zero-order valence-corrected chi connectivity index (χ0v) is 15.2. The van der Waals surface area contributed by atoms with Crippen LogP contribution in [0.5, 0.6) is 0 Å². The van der Waals surface area contributed by atoms with Gasteiger partial charge in [-0.3, -0.25) is 4.79 Å². The fraction of sp³-hybridized carbons (Fsp3) is 0.474. The molecule has 1 aromatic heterocycles.